The molecule has 22 heavy (non-hydrogen) atoms. The summed E-state index contributed by atoms with van der Waals surface area (Å²) in [5, 5.41) is 9.79. The van der Waals surface area contributed by atoms with Gasteiger partial charge >= 0.3 is 6.03 Å². The molecule has 1 heterocycles. The number of urea groups is 1. The van der Waals surface area contributed by atoms with E-state index >= 15 is 0 Å². The van der Waals surface area contributed by atoms with E-state index in [1.165, 1.54) is 0 Å². The number of carbonyl (C=O) groups is 2. The lowest BCUT2D eigenvalue weighted by Crippen LogP contribution is -2.42. The summed E-state index contributed by atoms with van der Waals surface area (Å²) in [5.74, 6) is -0.323. The number of rotatable bonds is 3. The van der Waals surface area contributed by atoms with E-state index < -0.39 is 11.6 Å². The lowest BCUT2D eigenvalue weighted by atomic mass is 10.00. The Balaban J connectivity index is 1.94. The molecule has 0 radical (unpaired) electrons. The van der Waals surface area contributed by atoms with Crippen LogP contribution in [-0.4, -0.2) is 28.7 Å². The van der Waals surface area contributed by atoms with Gasteiger partial charge in [0.1, 0.15) is 5.54 Å². The second-order valence-electron chi connectivity index (χ2n) is 5.55. The Morgan fingerprint density at radius 2 is 1.91 bits per heavy atom. The molecule has 1 unspecified atom stereocenters. The lowest BCUT2D eigenvalue weighted by molar-refractivity contribution is -0.130. The Hall–Kier alpha value is -2.69. The van der Waals surface area contributed by atoms with Crippen molar-refractivity contribution < 1.29 is 9.59 Å². The van der Waals surface area contributed by atoms with Gasteiger partial charge in [0.05, 0.1) is 6.21 Å². The van der Waals surface area contributed by atoms with E-state index in [0.717, 1.165) is 21.3 Å². The Bertz CT molecular complexity index is 779. The van der Waals surface area contributed by atoms with Crippen LogP contribution < -0.4 is 5.32 Å². The minimum absolute atomic E-state index is 0.323. The highest BCUT2D eigenvalue weighted by atomic mass is 16.2. The van der Waals surface area contributed by atoms with Crippen molar-refractivity contribution in [3.63, 3.8) is 0 Å². The number of benzene rings is 2. The van der Waals surface area contributed by atoms with Crippen LogP contribution in [0.5, 0.6) is 0 Å². The molecule has 0 aliphatic carbocycles. The Morgan fingerprint density at radius 3 is 2.64 bits per heavy atom. The molecule has 1 atom stereocenters. The van der Waals surface area contributed by atoms with Crippen molar-refractivity contribution in [2.45, 2.75) is 25.8 Å². The summed E-state index contributed by atoms with van der Waals surface area (Å²) >= 11 is 0. The number of amides is 3. The van der Waals surface area contributed by atoms with E-state index in [4.69, 9.17) is 0 Å². The summed E-state index contributed by atoms with van der Waals surface area (Å²) in [7, 11) is 0. The zero-order valence-corrected chi connectivity index (χ0v) is 12.5. The highest BCUT2D eigenvalue weighted by Crippen LogP contribution is 2.22. The highest BCUT2D eigenvalue weighted by Gasteiger charge is 2.46. The molecule has 2 aromatic carbocycles. The average molecular weight is 295 g/mol. The SMILES string of the molecule is CCC1(C)NC(=O)N(N=Cc2cccc3ccccc23)C1=O. The first-order valence-electron chi connectivity index (χ1n) is 7.23. The monoisotopic (exact) mass is 295 g/mol. The summed E-state index contributed by atoms with van der Waals surface area (Å²) < 4.78 is 0. The van der Waals surface area contributed by atoms with Gasteiger partial charge in [0, 0.05) is 5.56 Å². The molecule has 5 nitrogen and oxygen atoms in total. The summed E-state index contributed by atoms with van der Waals surface area (Å²) in [6.45, 7) is 3.57. The first kappa shape index (κ1) is 14.3. The molecule has 112 valence electrons. The normalized spacial score (nSPS) is 21.8. The molecule has 0 saturated carbocycles. The Kier molecular flexibility index (Phi) is 3.41. The number of fused-ring (bicyclic) bond motifs is 1. The van der Waals surface area contributed by atoms with Gasteiger partial charge < -0.3 is 5.32 Å². The van der Waals surface area contributed by atoms with Gasteiger partial charge in [0.25, 0.3) is 5.91 Å². The summed E-state index contributed by atoms with van der Waals surface area (Å²) in [6, 6.07) is 13.3. The maximum absolute atomic E-state index is 12.3. The van der Waals surface area contributed by atoms with Crippen LogP contribution in [0.2, 0.25) is 0 Å². The molecule has 3 rings (SSSR count). The van der Waals surface area contributed by atoms with Crippen LogP contribution >= 0.6 is 0 Å². The van der Waals surface area contributed by atoms with Crippen LogP contribution in [0, 0.1) is 0 Å². The third kappa shape index (κ3) is 2.24. The lowest BCUT2D eigenvalue weighted by Gasteiger charge is -2.17. The van der Waals surface area contributed by atoms with Crippen LogP contribution in [0.1, 0.15) is 25.8 Å². The zero-order valence-electron chi connectivity index (χ0n) is 12.5. The topological polar surface area (TPSA) is 61.8 Å². The van der Waals surface area contributed by atoms with Crippen LogP contribution in [0.3, 0.4) is 0 Å². The molecule has 1 aliphatic rings. The summed E-state index contributed by atoms with van der Waals surface area (Å²) in [5.41, 5.74) is -0.00325. The third-order valence-electron chi connectivity index (χ3n) is 4.08. The minimum atomic E-state index is -0.868. The van der Waals surface area contributed by atoms with Gasteiger partial charge in [-0.3, -0.25) is 4.79 Å². The molecule has 0 bridgehead atoms. The zero-order chi connectivity index (χ0) is 15.7. The molecule has 2 aromatic rings. The second kappa shape index (κ2) is 5.26. The van der Waals surface area contributed by atoms with Crippen molar-refractivity contribution in [3.05, 3.63) is 48.0 Å². The van der Waals surface area contributed by atoms with Crippen LogP contribution in [-0.2, 0) is 4.79 Å². The average Bonchev–Trinajstić information content (AvgIpc) is 2.75. The van der Waals surface area contributed by atoms with Crippen molar-refractivity contribution in [1.82, 2.24) is 10.3 Å². The van der Waals surface area contributed by atoms with Gasteiger partial charge in [-0.15, -0.1) is 5.01 Å². The van der Waals surface area contributed by atoms with E-state index in [1.54, 1.807) is 13.1 Å². The number of carbonyl (C=O) groups excluding carboxylic acids is 2. The van der Waals surface area contributed by atoms with Crippen LogP contribution in [0.15, 0.2) is 47.6 Å². The third-order valence-corrected chi connectivity index (χ3v) is 4.08. The molecule has 1 saturated heterocycles. The molecule has 3 amide bonds. The van der Waals surface area contributed by atoms with E-state index in [0.29, 0.717) is 6.42 Å². The number of nitrogens with zero attached hydrogens (tertiary/aromatic N) is 2. The standard InChI is InChI=1S/C17H17N3O2/c1-3-17(2)15(21)20(16(22)19-17)18-11-13-9-6-8-12-7-4-5-10-14(12)13/h4-11H,3H2,1-2H3,(H,19,22). The number of hydrogen-bond acceptors (Lipinski definition) is 3. The van der Waals surface area contributed by atoms with Crippen LogP contribution in [0.25, 0.3) is 10.8 Å². The molecular weight excluding hydrogens is 278 g/mol. The van der Waals surface area contributed by atoms with Gasteiger partial charge in [-0.25, -0.2) is 4.79 Å². The van der Waals surface area contributed by atoms with E-state index in [2.05, 4.69) is 10.4 Å². The fraction of sp³-hybridized carbons (Fsp3) is 0.235. The molecule has 1 aliphatic heterocycles. The molecule has 0 spiro atoms. The second-order valence-corrected chi connectivity index (χ2v) is 5.55. The molecule has 1 fully saturated rings. The molecule has 0 aromatic heterocycles. The summed E-state index contributed by atoms with van der Waals surface area (Å²) in [4.78, 5) is 24.2. The summed E-state index contributed by atoms with van der Waals surface area (Å²) in [6.07, 6.45) is 2.08. The van der Waals surface area contributed by atoms with E-state index in [9.17, 15) is 9.59 Å². The Labute approximate surface area is 128 Å². The quantitative estimate of drug-likeness (QED) is 0.699. The van der Waals surface area contributed by atoms with Crippen molar-refractivity contribution in [2.75, 3.05) is 0 Å². The Morgan fingerprint density at radius 1 is 1.18 bits per heavy atom. The highest BCUT2D eigenvalue weighted by molar-refractivity contribution is 6.08. The number of hydrazone groups is 1. The van der Waals surface area contributed by atoms with Gasteiger partial charge in [0.2, 0.25) is 0 Å². The largest absolute Gasteiger partial charge is 0.346 e. The number of hydrogen-bond donors (Lipinski definition) is 1. The first-order valence-corrected chi connectivity index (χ1v) is 7.23. The van der Waals surface area contributed by atoms with Crippen LogP contribution in [0.4, 0.5) is 4.79 Å². The molecule has 1 N–H and O–H groups in total. The van der Waals surface area contributed by atoms with Crippen molar-refractivity contribution in [1.29, 1.82) is 0 Å². The van der Waals surface area contributed by atoms with Gasteiger partial charge in [0.15, 0.2) is 0 Å². The van der Waals surface area contributed by atoms with E-state index in [1.807, 2.05) is 49.4 Å². The fourth-order valence-electron chi connectivity index (χ4n) is 2.50. The number of imide groups is 1. The van der Waals surface area contributed by atoms with Gasteiger partial charge in [-0.1, -0.05) is 49.4 Å². The smallest absolute Gasteiger partial charge is 0.322 e. The maximum atomic E-state index is 12.3. The van der Waals surface area contributed by atoms with Crippen molar-refractivity contribution in [3.8, 4) is 0 Å². The molecular formula is C17H17N3O2. The molecule has 5 heteroatoms. The first-order chi connectivity index (χ1) is 10.5. The van der Waals surface area contributed by atoms with E-state index in [-0.39, 0.29) is 5.91 Å². The minimum Gasteiger partial charge on any atom is -0.322 e. The fourth-order valence-corrected chi connectivity index (χ4v) is 2.50. The van der Waals surface area contributed by atoms with Crippen molar-refractivity contribution in [2.24, 2.45) is 5.10 Å². The predicted molar refractivity (Wildman–Crippen MR) is 85.6 cm³/mol. The predicted octanol–water partition coefficient (Wildman–Crippen LogP) is 2.89. The number of nitrogens with one attached hydrogen (secondary N) is 1. The van der Waals surface area contributed by atoms with Gasteiger partial charge in [-0.05, 0) is 24.1 Å². The van der Waals surface area contributed by atoms with Crippen molar-refractivity contribution >= 4 is 28.9 Å². The maximum Gasteiger partial charge on any atom is 0.346 e. The van der Waals surface area contributed by atoms with Gasteiger partial charge in [-0.2, -0.15) is 5.10 Å².